The van der Waals surface area contributed by atoms with Crippen molar-refractivity contribution in [2.75, 3.05) is 31.5 Å². The Kier molecular flexibility index (Phi) is 8.41. The van der Waals surface area contributed by atoms with Crippen LogP contribution in [0.1, 0.15) is 42.1 Å². The highest BCUT2D eigenvalue weighted by molar-refractivity contribution is 5.95. The summed E-state index contributed by atoms with van der Waals surface area (Å²) in [5.41, 5.74) is 1.49. The van der Waals surface area contributed by atoms with E-state index >= 15 is 0 Å². The molecule has 166 valence electrons. The number of piperidine rings is 1. The molecule has 7 heteroatoms. The Morgan fingerprint density at radius 2 is 1.74 bits per heavy atom. The van der Waals surface area contributed by atoms with Crippen LogP contribution in [0.15, 0.2) is 48.5 Å². The van der Waals surface area contributed by atoms with Gasteiger partial charge in [-0.25, -0.2) is 9.18 Å². The number of benzene rings is 2. The molecule has 3 amide bonds. The zero-order valence-electron chi connectivity index (χ0n) is 18.0. The van der Waals surface area contributed by atoms with Crippen LogP contribution in [-0.4, -0.2) is 43.0 Å². The normalized spacial score (nSPS) is 14.8. The highest BCUT2D eigenvalue weighted by atomic mass is 19.1. The van der Waals surface area contributed by atoms with E-state index in [9.17, 15) is 14.0 Å². The van der Waals surface area contributed by atoms with Gasteiger partial charge in [0, 0.05) is 29.9 Å². The van der Waals surface area contributed by atoms with E-state index in [0.29, 0.717) is 29.3 Å². The molecule has 2 aromatic carbocycles. The molecule has 6 nitrogen and oxygen atoms in total. The molecule has 3 rings (SSSR count). The van der Waals surface area contributed by atoms with Gasteiger partial charge in [-0.2, -0.15) is 0 Å². The van der Waals surface area contributed by atoms with Crippen molar-refractivity contribution in [3.8, 4) is 0 Å². The van der Waals surface area contributed by atoms with Crippen LogP contribution in [0.5, 0.6) is 0 Å². The maximum absolute atomic E-state index is 13.6. The predicted molar refractivity (Wildman–Crippen MR) is 120 cm³/mol. The summed E-state index contributed by atoms with van der Waals surface area (Å²) in [6, 6.07) is 12.7. The smallest absolute Gasteiger partial charge is 0.319 e. The summed E-state index contributed by atoms with van der Waals surface area (Å²) in [5, 5.41) is 8.45. The van der Waals surface area contributed by atoms with Gasteiger partial charge in [0.1, 0.15) is 5.82 Å². The van der Waals surface area contributed by atoms with E-state index in [1.807, 2.05) is 0 Å². The van der Waals surface area contributed by atoms with Gasteiger partial charge in [0.25, 0.3) is 5.91 Å². The molecule has 1 aliphatic rings. The lowest BCUT2D eigenvalue weighted by Crippen LogP contribution is -2.40. The number of halogens is 1. The fraction of sp³-hybridized carbons (Fsp3) is 0.417. The number of hydrogen-bond donors (Lipinski definition) is 3. The van der Waals surface area contributed by atoms with Gasteiger partial charge in [-0.3, -0.25) is 4.79 Å². The predicted octanol–water partition coefficient (Wildman–Crippen LogP) is 4.00. The molecule has 0 atom stereocenters. The summed E-state index contributed by atoms with van der Waals surface area (Å²) < 4.78 is 13.6. The first kappa shape index (κ1) is 22.7. The Balaban J connectivity index is 1.40. The summed E-state index contributed by atoms with van der Waals surface area (Å²) in [4.78, 5) is 26.9. The second kappa shape index (κ2) is 11.5. The minimum absolute atomic E-state index is 0.116. The molecule has 0 bridgehead atoms. The van der Waals surface area contributed by atoms with Gasteiger partial charge in [-0.05, 0) is 75.1 Å². The van der Waals surface area contributed by atoms with E-state index in [0.717, 1.165) is 32.5 Å². The van der Waals surface area contributed by atoms with E-state index in [2.05, 4.69) is 27.8 Å². The van der Waals surface area contributed by atoms with Gasteiger partial charge in [-0.15, -0.1) is 0 Å². The van der Waals surface area contributed by atoms with E-state index in [1.165, 1.54) is 12.5 Å². The van der Waals surface area contributed by atoms with Crippen LogP contribution in [-0.2, 0) is 6.54 Å². The van der Waals surface area contributed by atoms with Gasteiger partial charge >= 0.3 is 6.03 Å². The second-order valence-corrected chi connectivity index (χ2v) is 7.97. The molecule has 1 fully saturated rings. The molecule has 0 unspecified atom stereocenters. The van der Waals surface area contributed by atoms with Crippen LogP contribution in [0.3, 0.4) is 0 Å². The van der Waals surface area contributed by atoms with Crippen molar-refractivity contribution in [2.45, 2.75) is 32.7 Å². The van der Waals surface area contributed by atoms with Gasteiger partial charge in [0.2, 0.25) is 0 Å². The van der Waals surface area contributed by atoms with E-state index in [1.54, 1.807) is 42.5 Å². The second-order valence-electron chi connectivity index (χ2n) is 7.97. The molecule has 0 spiro atoms. The number of urea groups is 1. The molecule has 0 aromatic heterocycles. The zero-order valence-corrected chi connectivity index (χ0v) is 18.0. The SMILES string of the molecule is CCCN1CCC(CNC(=O)Nc2ccc(C(=O)NCc3ccccc3F)cc2)CC1. The van der Waals surface area contributed by atoms with Crippen LogP contribution in [0.2, 0.25) is 0 Å². The van der Waals surface area contributed by atoms with Crippen molar-refractivity contribution in [1.29, 1.82) is 0 Å². The first-order chi connectivity index (χ1) is 15.0. The number of hydrogen-bond acceptors (Lipinski definition) is 3. The van der Waals surface area contributed by atoms with Crippen LogP contribution >= 0.6 is 0 Å². The molecule has 31 heavy (non-hydrogen) atoms. The molecular formula is C24H31FN4O2. The number of carbonyl (C=O) groups excluding carboxylic acids is 2. The summed E-state index contributed by atoms with van der Waals surface area (Å²) in [7, 11) is 0. The lowest BCUT2D eigenvalue weighted by atomic mass is 9.97. The van der Waals surface area contributed by atoms with Gasteiger partial charge in [-0.1, -0.05) is 25.1 Å². The minimum atomic E-state index is -0.347. The van der Waals surface area contributed by atoms with Crippen molar-refractivity contribution in [3.05, 3.63) is 65.5 Å². The van der Waals surface area contributed by atoms with E-state index in [-0.39, 0.29) is 24.3 Å². The third-order valence-corrected chi connectivity index (χ3v) is 5.60. The molecule has 0 aliphatic carbocycles. The van der Waals surface area contributed by atoms with Crippen LogP contribution in [0.25, 0.3) is 0 Å². The lowest BCUT2D eigenvalue weighted by molar-refractivity contribution is 0.0950. The Morgan fingerprint density at radius 1 is 1.03 bits per heavy atom. The number of carbonyl (C=O) groups is 2. The van der Waals surface area contributed by atoms with Crippen LogP contribution in [0, 0.1) is 11.7 Å². The number of amides is 3. The number of nitrogens with one attached hydrogen (secondary N) is 3. The fourth-order valence-electron chi connectivity index (χ4n) is 3.77. The number of likely N-dealkylation sites (tertiary alicyclic amines) is 1. The van der Waals surface area contributed by atoms with Gasteiger partial charge in [0.05, 0.1) is 0 Å². The quantitative estimate of drug-likeness (QED) is 0.597. The highest BCUT2D eigenvalue weighted by Gasteiger charge is 2.19. The molecule has 3 N–H and O–H groups in total. The molecular weight excluding hydrogens is 395 g/mol. The average molecular weight is 427 g/mol. The van der Waals surface area contributed by atoms with E-state index < -0.39 is 0 Å². The van der Waals surface area contributed by atoms with Crippen LogP contribution < -0.4 is 16.0 Å². The van der Waals surface area contributed by atoms with Crippen molar-refractivity contribution in [3.63, 3.8) is 0 Å². The third-order valence-electron chi connectivity index (χ3n) is 5.60. The largest absolute Gasteiger partial charge is 0.348 e. The third kappa shape index (κ3) is 7.07. The fourth-order valence-corrected chi connectivity index (χ4v) is 3.77. The Hall–Kier alpha value is -2.93. The summed E-state index contributed by atoms with van der Waals surface area (Å²) in [6.07, 6.45) is 3.39. The Labute approximate surface area is 183 Å². The standard InChI is InChI=1S/C24H31FN4O2/c1-2-13-29-14-11-18(12-15-29)16-27-24(31)28-21-9-7-19(8-10-21)23(30)26-17-20-5-3-4-6-22(20)25/h3-10,18H,2,11-17H2,1H3,(H,26,30)(H2,27,28,31). The number of nitrogens with zero attached hydrogens (tertiary/aromatic N) is 1. The van der Waals surface area contributed by atoms with Crippen molar-refractivity contribution >= 4 is 17.6 Å². The lowest BCUT2D eigenvalue weighted by Gasteiger charge is -2.31. The van der Waals surface area contributed by atoms with E-state index in [4.69, 9.17) is 0 Å². The minimum Gasteiger partial charge on any atom is -0.348 e. The van der Waals surface area contributed by atoms with Crippen LogP contribution in [0.4, 0.5) is 14.9 Å². The molecule has 1 heterocycles. The Bertz CT molecular complexity index is 864. The highest BCUT2D eigenvalue weighted by Crippen LogP contribution is 2.16. The molecule has 1 saturated heterocycles. The van der Waals surface area contributed by atoms with Gasteiger partial charge < -0.3 is 20.9 Å². The molecule has 1 aliphatic heterocycles. The maximum atomic E-state index is 13.6. The maximum Gasteiger partial charge on any atom is 0.319 e. The molecule has 0 radical (unpaired) electrons. The first-order valence-corrected chi connectivity index (χ1v) is 10.9. The molecule has 0 saturated carbocycles. The molecule has 2 aromatic rings. The number of anilines is 1. The average Bonchev–Trinajstić information content (AvgIpc) is 2.78. The Morgan fingerprint density at radius 3 is 2.42 bits per heavy atom. The van der Waals surface area contributed by atoms with Gasteiger partial charge in [0.15, 0.2) is 0 Å². The summed E-state index contributed by atoms with van der Waals surface area (Å²) in [5.74, 6) is -0.132. The van der Waals surface area contributed by atoms with Crippen molar-refractivity contribution < 1.29 is 14.0 Å². The summed E-state index contributed by atoms with van der Waals surface area (Å²) in [6.45, 7) is 6.33. The topological polar surface area (TPSA) is 73.5 Å². The van der Waals surface area contributed by atoms with Crippen molar-refractivity contribution in [1.82, 2.24) is 15.5 Å². The summed E-state index contributed by atoms with van der Waals surface area (Å²) >= 11 is 0. The number of rotatable bonds is 8. The monoisotopic (exact) mass is 426 g/mol. The first-order valence-electron chi connectivity index (χ1n) is 10.9. The zero-order chi connectivity index (χ0) is 22.1. The van der Waals surface area contributed by atoms with Crippen molar-refractivity contribution in [2.24, 2.45) is 5.92 Å².